The van der Waals surface area contributed by atoms with Crippen LogP contribution in [-0.2, 0) is 32.7 Å². The van der Waals surface area contributed by atoms with Gasteiger partial charge in [0.25, 0.3) is 7.82 Å². The number of esters is 2. The lowest BCUT2D eigenvalue weighted by Gasteiger charge is -2.28. The van der Waals surface area contributed by atoms with Crippen molar-refractivity contribution in [2.75, 3.05) is 47.5 Å². The molecule has 0 spiro atoms. The van der Waals surface area contributed by atoms with Gasteiger partial charge in [-0.15, -0.1) is 0 Å². The van der Waals surface area contributed by atoms with Crippen LogP contribution in [0.3, 0.4) is 0 Å². The third-order valence-corrected chi connectivity index (χ3v) is 10.5. The molecule has 0 heterocycles. The standard InChI is InChI=1S/C43H84NO8P/c1-6-8-10-12-14-16-18-20-22-24-25-27-29-31-33-35-42(45)49-39-41(40-51-53(47,48)50-38-37-44(3,4)5)52-43(46)36-34-32-30-28-26-23-21-19-17-15-13-11-9-7-2/h16,18,41H,6-15,17,19-40H2,1-5H3/b18-16+/t41-/m1/s1. The maximum atomic E-state index is 12.7. The van der Waals surface area contributed by atoms with Crippen LogP contribution in [0, 0.1) is 0 Å². The first-order valence-electron chi connectivity index (χ1n) is 21.9. The molecule has 0 saturated heterocycles. The minimum atomic E-state index is -4.62. The summed E-state index contributed by atoms with van der Waals surface area (Å²) in [7, 11) is 1.17. The Kier molecular flexibility index (Phi) is 35.5. The van der Waals surface area contributed by atoms with Crippen LogP contribution in [-0.4, -0.2) is 70.0 Å². The molecule has 9 nitrogen and oxygen atoms in total. The normalized spacial score (nSPS) is 13.7. The molecule has 1 unspecified atom stereocenters. The third-order valence-electron chi connectivity index (χ3n) is 9.54. The third kappa shape index (κ3) is 40.2. The average Bonchev–Trinajstić information content (AvgIpc) is 3.10. The van der Waals surface area contributed by atoms with Crippen LogP contribution >= 0.6 is 7.82 Å². The second-order valence-electron chi connectivity index (χ2n) is 16.1. The molecule has 10 heteroatoms. The van der Waals surface area contributed by atoms with Crippen molar-refractivity contribution in [2.24, 2.45) is 0 Å². The van der Waals surface area contributed by atoms with Crippen molar-refractivity contribution in [3.8, 4) is 0 Å². The number of phosphoric acid groups is 1. The molecule has 53 heavy (non-hydrogen) atoms. The number of rotatable bonds is 40. The van der Waals surface area contributed by atoms with Gasteiger partial charge in [-0.05, 0) is 38.5 Å². The van der Waals surface area contributed by atoms with E-state index in [0.717, 1.165) is 44.9 Å². The largest absolute Gasteiger partial charge is 0.756 e. The molecule has 0 N–H and O–H groups in total. The van der Waals surface area contributed by atoms with Gasteiger partial charge in [0.1, 0.15) is 19.8 Å². The van der Waals surface area contributed by atoms with Crippen molar-refractivity contribution in [1.82, 2.24) is 0 Å². The number of unbranched alkanes of at least 4 members (excludes halogenated alkanes) is 24. The molecular weight excluding hydrogens is 689 g/mol. The number of likely N-dealkylation sites (N-methyl/N-ethyl adjacent to an activating group) is 1. The minimum absolute atomic E-state index is 0.0283. The Morgan fingerprint density at radius 1 is 0.566 bits per heavy atom. The Balaban J connectivity index is 4.34. The van der Waals surface area contributed by atoms with Gasteiger partial charge in [0.05, 0.1) is 27.7 Å². The predicted molar refractivity (Wildman–Crippen MR) is 218 cm³/mol. The van der Waals surface area contributed by atoms with E-state index < -0.39 is 26.5 Å². The highest BCUT2D eigenvalue weighted by atomic mass is 31.2. The molecule has 0 aromatic heterocycles. The summed E-state index contributed by atoms with van der Waals surface area (Å²) in [5, 5.41) is 0. The number of carbonyl (C=O) groups is 2. The lowest BCUT2D eigenvalue weighted by atomic mass is 10.0. The van der Waals surface area contributed by atoms with Crippen LogP contribution < -0.4 is 4.89 Å². The predicted octanol–water partition coefficient (Wildman–Crippen LogP) is 11.6. The first kappa shape index (κ1) is 51.8. The van der Waals surface area contributed by atoms with Gasteiger partial charge < -0.3 is 27.9 Å². The van der Waals surface area contributed by atoms with E-state index in [1.165, 1.54) is 122 Å². The van der Waals surface area contributed by atoms with E-state index in [1.807, 2.05) is 21.1 Å². The Labute approximate surface area is 326 Å². The fraction of sp³-hybridized carbons (Fsp3) is 0.907. The Hall–Kier alpha value is -1.25. The van der Waals surface area contributed by atoms with Gasteiger partial charge in [-0.2, -0.15) is 0 Å². The van der Waals surface area contributed by atoms with Gasteiger partial charge in [-0.25, -0.2) is 0 Å². The van der Waals surface area contributed by atoms with Gasteiger partial charge in [-0.3, -0.25) is 14.2 Å². The van der Waals surface area contributed by atoms with Crippen molar-refractivity contribution in [1.29, 1.82) is 0 Å². The van der Waals surface area contributed by atoms with Crippen LogP contribution in [0.25, 0.3) is 0 Å². The van der Waals surface area contributed by atoms with E-state index in [-0.39, 0.29) is 32.0 Å². The highest BCUT2D eigenvalue weighted by molar-refractivity contribution is 7.45. The van der Waals surface area contributed by atoms with Crippen LogP contribution in [0.15, 0.2) is 12.2 Å². The van der Waals surface area contributed by atoms with Crippen molar-refractivity contribution in [2.45, 2.75) is 206 Å². The average molecular weight is 774 g/mol. The SMILES string of the molecule is CCCCCC/C=C/CCCCCCCCCC(=O)OC[C@H](COP(=O)([O-])OCC[N+](C)(C)C)OC(=O)CCCCCCCCCCCCCCCC. The number of nitrogens with zero attached hydrogens (tertiary/aromatic N) is 1. The number of quaternary nitrogens is 1. The van der Waals surface area contributed by atoms with E-state index in [4.69, 9.17) is 18.5 Å². The second kappa shape index (κ2) is 36.4. The molecule has 0 aliphatic heterocycles. The maximum Gasteiger partial charge on any atom is 0.306 e. The zero-order chi connectivity index (χ0) is 39.3. The van der Waals surface area contributed by atoms with Crippen LogP contribution in [0.5, 0.6) is 0 Å². The highest BCUT2D eigenvalue weighted by Crippen LogP contribution is 2.38. The van der Waals surface area contributed by atoms with E-state index in [1.54, 1.807) is 0 Å². The summed E-state index contributed by atoms with van der Waals surface area (Å²) < 4.78 is 33.9. The minimum Gasteiger partial charge on any atom is -0.756 e. The van der Waals surface area contributed by atoms with Gasteiger partial charge in [-0.1, -0.05) is 161 Å². The topological polar surface area (TPSA) is 111 Å². The maximum absolute atomic E-state index is 12.7. The smallest absolute Gasteiger partial charge is 0.306 e. The molecule has 2 atom stereocenters. The zero-order valence-corrected chi connectivity index (χ0v) is 36.1. The lowest BCUT2D eigenvalue weighted by Crippen LogP contribution is -2.37. The van der Waals surface area contributed by atoms with Crippen LogP contribution in [0.4, 0.5) is 0 Å². The Bertz CT molecular complexity index is 922. The number of hydrogen-bond donors (Lipinski definition) is 0. The van der Waals surface area contributed by atoms with Gasteiger partial charge in [0.15, 0.2) is 6.10 Å². The van der Waals surface area contributed by atoms with Gasteiger partial charge in [0, 0.05) is 12.8 Å². The number of ether oxygens (including phenoxy) is 2. The molecule has 0 aliphatic carbocycles. The molecule has 0 aliphatic rings. The second-order valence-corrected chi connectivity index (χ2v) is 17.5. The molecule has 0 amide bonds. The van der Waals surface area contributed by atoms with Crippen molar-refractivity contribution >= 4 is 19.8 Å². The lowest BCUT2D eigenvalue weighted by molar-refractivity contribution is -0.870. The van der Waals surface area contributed by atoms with Crippen molar-refractivity contribution < 1.29 is 42.1 Å². The summed E-state index contributed by atoms with van der Waals surface area (Å²) in [5.74, 6) is -0.831. The van der Waals surface area contributed by atoms with Crippen LogP contribution in [0.2, 0.25) is 0 Å². The fourth-order valence-electron chi connectivity index (χ4n) is 6.06. The van der Waals surface area contributed by atoms with E-state index in [0.29, 0.717) is 17.4 Å². The Morgan fingerprint density at radius 3 is 1.42 bits per heavy atom. The number of allylic oxidation sites excluding steroid dienone is 2. The molecule has 0 aromatic carbocycles. The van der Waals surface area contributed by atoms with Crippen LogP contribution in [0.1, 0.15) is 200 Å². The first-order valence-corrected chi connectivity index (χ1v) is 23.4. The molecule has 314 valence electrons. The van der Waals surface area contributed by atoms with E-state index in [2.05, 4.69) is 26.0 Å². The quantitative estimate of drug-likeness (QED) is 0.0199. The molecule has 0 rings (SSSR count). The van der Waals surface area contributed by atoms with Crippen molar-refractivity contribution in [3.63, 3.8) is 0 Å². The summed E-state index contributed by atoms with van der Waals surface area (Å²) in [6, 6.07) is 0. The van der Waals surface area contributed by atoms with E-state index in [9.17, 15) is 19.0 Å². The fourth-order valence-corrected chi connectivity index (χ4v) is 6.79. The molecule has 0 saturated carbocycles. The summed E-state index contributed by atoms with van der Waals surface area (Å²) in [4.78, 5) is 37.5. The molecular formula is C43H84NO8P. The van der Waals surface area contributed by atoms with Crippen molar-refractivity contribution in [3.05, 3.63) is 12.2 Å². The van der Waals surface area contributed by atoms with E-state index >= 15 is 0 Å². The Morgan fingerprint density at radius 2 is 0.962 bits per heavy atom. The molecule has 0 aromatic rings. The number of hydrogen-bond acceptors (Lipinski definition) is 8. The summed E-state index contributed by atoms with van der Waals surface area (Å²) in [5.41, 5.74) is 0. The summed E-state index contributed by atoms with van der Waals surface area (Å²) in [6.45, 7) is 4.23. The van der Waals surface area contributed by atoms with Gasteiger partial charge in [0.2, 0.25) is 0 Å². The number of phosphoric ester groups is 1. The summed E-state index contributed by atoms with van der Waals surface area (Å²) in [6.07, 6.45) is 36.5. The highest BCUT2D eigenvalue weighted by Gasteiger charge is 2.21. The first-order chi connectivity index (χ1) is 25.5. The molecule has 0 radical (unpaired) electrons. The molecule has 0 fully saturated rings. The number of carbonyl (C=O) groups excluding carboxylic acids is 2. The molecule has 0 bridgehead atoms. The monoisotopic (exact) mass is 774 g/mol. The summed E-state index contributed by atoms with van der Waals surface area (Å²) >= 11 is 0. The van der Waals surface area contributed by atoms with Gasteiger partial charge >= 0.3 is 11.9 Å². The zero-order valence-electron chi connectivity index (χ0n) is 35.2.